The lowest BCUT2D eigenvalue weighted by Gasteiger charge is -2.19. The molecule has 1 rings (SSSR count). The molecule has 0 unspecified atom stereocenters. The van der Waals surface area contributed by atoms with E-state index in [2.05, 4.69) is 5.92 Å². The molecular formula is C13H13NO4. The van der Waals surface area contributed by atoms with Gasteiger partial charge in [0.2, 0.25) is 0 Å². The van der Waals surface area contributed by atoms with Crippen molar-refractivity contribution in [1.29, 1.82) is 0 Å². The smallest absolute Gasteiger partial charge is 0.323 e. The number of hydrogen-bond donors (Lipinski definition) is 2. The molecule has 94 valence electrons. The molecule has 1 aromatic rings. The third-order valence-corrected chi connectivity index (χ3v) is 2.43. The average molecular weight is 247 g/mol. The van der Waals surface area contributed by atoms with Crippen molar-refractivity contribution in [2.75, 3.05) is 13.1 Å². The Morgan fingerprint density at radius 3 is 2.67 bits per heavy atom. The molecule has 5 heteroatoms. The highest BCUT2D eigenvalue weighted by molar-refractivity contribution is 5.97. The highest BCUT2D eigenvalue weighted by Gasteiger charge is 2.20. The van der Waals surface area contributed by atoms with Gasteiger partial charge in [0.05, 0.1) is 6.54 Å². The summed E-state index contributed by atoms with van der Waals surface area (Å²) < 4.78 is 0. The molecule has 1 amide bonds. The highest BCUT2D eigenvalue weighted by atomic mass is 16.4. The molecule has 0 fully saturated rings. The van der Waals surface area contributed by atoms with Crippen LogP contribution in [0.25, 0.3) is 0 Å². The van der Waals surface area contributed by atoms with Crippen LogP contribution in [0.3, 0.4) is 0 Å². The van der Waals surface area contributed by atoms with Crippen LogP contribution in [0.4, 0.5) is 0 Å². The van der Waals surface area contributed by atoms with Gasteiger partial charge in [0, 0.05) is 11.1 Å². The Morgan fingerprint density at radius 1 is 1.44 bits per heavy atom. The lowest BCUT2D eigenvalue weighted by atomic mass is 10.1. The van der Waals surface area contributed by atoms with Crippen molar-refractivity contribution in [3.63, 3.8) is 0 Å². The van der Waals surface area contributed by atoms with E-state index in [0.717, 1.165) is 4.90 Å². The fraction of sp³-hybridized carbons (Fsp3) is 0.231. The van der Waals surface area contributed by atoms with Crippen LogP contribution in [0, 0.1) is 19.3 Å². The SMILES string of the molecule is C#CCN(CC(=O)O)C(=O)c1cccc(O)c1C. The second-order valence-corrected chi connectivity index (χ2v) is 3.71. The maximum absolute atomic E-state index is 12.1. The minimum absolute atomic E-state index is 0.0168. The van der Waals surface area contributed by atoms with Gasteiger partial charge >= 0.3 is 5.97 Å². The summed E-state index contributed by atoms with van der Waals surface area (Å²) in [6.07, 6.45) is 5.10. The van der Waals surface area contributed by atoms with Gasteiger partial charge in [-0.1, -0.05) is 12.0 Å². The van der Waals surface area contributed by atoms with E-state index >= 15 is 0 Å². The van der Waals surface area contributed by atoms with Crippen molar-refractivity contribution in [1.82, 2.24) is 4.90 Å². The van der Waals surface area contributed by atoms with E-state index in [9.17, 15) is 14.7 Å². The Bertz CT molecular complexity index is 516. The van der Waals surface area contributed by atoms with E-state index in [1.54, 1.807) is 6.92 Å². The summed E-state index contributed by atoms with van der Waals surface area (Å²) in [5, 5.41) is 18.2. The van der Waals surface area contributed by atoms with E-state index in [0.29, 0.717) is 5.56 Å². The van der Waals surface area contributed by atoms with Crippen LogP contribution in [0.15, 0.2) is 18.2 Å². The number of phenolic OH excluding ortho intramolecular Hbond substituents is 1. The summed E-state index contributed by atoms with van der Waals surface area (Å²) in [5.74, 6) is 0.568. The summed E-state index contributed by atoms with van der Waals surface area (Å²) in [7, 11) is 0. The van der Waals surface area contributed by atoms with Crippen LogP contribution >= 0.6 is 0 Å². The standard InChI is InChI=1S/C13H13NO4/c1-3-7-14(8-12(16)17)13(18)10-5-4-6-11(15)9(10)2/h1,4-6,15H,7-8H2,2H3,(H,16,17). The summed E-state index contributed by atoms with van der Waals surface area (Å²) in [6, 6.07) is 4.49. The second-order valence-electron chi connectivity index (χ2n) is 3.71. The molecule has 0 spiro atoms. The number of nitrogens with zero attached hydrogens (tertiary/aromatic N) is 1. The molecule has 1 aromatic carbocycles. The normalized spacial score (nSPS) is 9.56. The number of carbonyl (C=O) groups is 2. The molecule has 0 aliphatic rings. The van der Waals surface area contributed by atoms with Crippen LogP contribution in [-0.4, -0.2) is 40.1 Å². The van der Waals surface area contributed by atoms with Gasteiger partial charge in [-0.05, 0) is 19.1 Å². The number of rotatable bonds is 4. The largest absolute Gasteiger partial charge is 0.508 e. The van der Waals surface area contributed by atoms with E-state index in [1.165, 1.54) is 18.2 Å². The summed E-state index contributed by atoms with van der Waals surface area (Å²) in [6.45, 7) is 1.01. The molecule has 0 saturated carbocycles. The molecular weight excluding hydrogens is 234 g/mol. The number of aliphatic carboxylic acids is 1. The first-order valence-corrected chi connectivity index (χ1v) is 5.20. The average Bonchev–Trinajstić information content (AvgIpc) is 2.31. The molecule has 0 bridgehead atoms. The van der Waals surface area contributed by atoms with Crippen LogP contribution < -0.4 is 0 Å². The molecule has 0 atom stereocenters. The van der Waals surface area contributed by atoms with Crippen molar-refractivity contribution in [2.45, 2.75) is 6.92 Å². The number of aromatic hydroxyl groups is 1. The first-order chi connectivity index (χ1) is 8.47. The van der Waals surface area contributed by atoms with Crippen molar-refractivity contribution in [2.24, 2.45) is 0 Å². The van der Waals surface area contributed by atoms with Crippen molar-refractivity contribution >= 4 is 11.9 Å². The predicted molar refractivity (Wildman–Crippen MR) is 65.2 cm³/mol. The van der Waals surface area contributed by atoms with Gasteiger partial charge < -0.3 is 15.1 Å². The van der Waals surface area contributed by atoms with E-state index in [1.807, 2.05) is 0 Å². The topological polar surface area (TPSA) is 77.8 Å². The van der Waals surface area contributed by atoms with Gasteiger partial charge in [0.1, 0.15) is 12.3 Å². The Balaban J connectivity index is 3.06. The van der Waals surface area contributed by atoms with Gasteiger partial charge in [-0.25, -0.2) is 0 Å². The fourth-order valence-electron chi connectivity index (χ4n) is 1.50. The van der Waals surface area contributed by atoms with Crippen LogP contribution in [0.5, 0.6) is 5.75 Å². The fourth-order valence-corrected chi connectivity index (χ4v) is 1.50. The first-order valence-electron chi connectivity index (χ1n) is 5.20. The Morgan fingerprint density at radius 2 is 2.11 bits per heavy atom. The monoisotopic (exact) mass is 247 g/mol. The van der Waals surface area contributed by atoms with E-state index < -0.39 is 18.4 Å². The van der Waals surface area contributed by atoms with Crippen molar-refractivity contribution < 1.29 is 19.8 Å². The van der Waals surface area contributed by atoms with Crippen molar-refractivity contribution in [3.8, 4) is 18.1 Å². The third kappa shape index (κ3) is 3.01. The van der Waals surface area contributed by atoms with E-state index in [-0.39, 0.29) is 17.9 Å². The lowest BCUT2D eigenvalue weighted by Crippen LogP contribution is -2.36. The number of benzene rings is 1. The molecule has 0 radical (unpaired) electrons. The van der Waals surface area contributed by atoms with Gasteiger partial charge in [0.25, 0.3) is 5.91 Å². The maximum atomic E-state index is 12.1. The number of terminal acetylenes is 1. The highest BCUT2D eigenvalue weighted by Crippen LogP contribution is 2.20. The van der Waals surface area contributed by atoms with Crippen LogP contribution in [0.1, 0.15) is 15.9 Å². The van der Waals surface area contributed by atoms with Gasteiger partial charge in [-0.15, -0.1) is 6.42 Å². The number of carboxylic acid groups (broad SMARTS) is 1. The molecule has 0 saturated heterocycles. The summed E-state index contributed by atoms with van der Waals surface area (Å²) in [5.41, 5.74) is 0.640. The number of phenols is 1. The summed E-state index contributed by atoms with van der Waals surface area (Å²) >= 11 is 0. The third-order valence-electron chi connectivity index (χ3n) is 2.43. The first kappa shape index (κ1) is 13.6. The Hall–Kier alpha value is -2.48. The lowest BCUT2D eigenvalue weighted by molar-refractivity contribution is -0.137. The maximum Gasteiger partial charge on any atom is 0.323 e. The molecule has 0 heterocycles. The molecule has 0 aliphatic heterocycles. The van der Waals surface area contributed by atoms with Crippen LogP contribution in [0.2, 0.25) is 0 Å². The predicted octanol–water partition coefficient (Wildman–Crippen LogP) is 0.861. The summed E-state index contributed by atoms with van der Waals surface area (Å²) in [4.78, 5) is 23.8. The minimum atomic E-state index is -1.14. The van der Waals surface area contributed by atoms with Gasteiger partial charge in [0.15, 0.2) is 0 Å². The molecule has 5 nitrogen and oxygen atoms in total. The molecule has 0 aromatic heterocycles. The van der Waals surface area contributed by atoms with Gasteiger partial charge in [-0.3, -0.25) is 9.59 Å². The zero-order valence-electron chi connectivity index (χ0n) is 9.88. The van der Waals surface area contributed by atoms with Crippen molar-refractivity contribution in [3.05, 3.63) is 29.3 Å². The Labute approximate surface area is 105 Å². The number of hydrogen-bond acceptors (Lipinski definition) is 3. The quantitative estimate of drug-likeness (QED) is 0.773. The molecule has 18 heavy (non-hydrogen) atoms. The number of carbonyl (C=O) groups excluding carboxylic acids is 1. The minimum Gasteiger partial charge on any atom is -0.508 e. The van der Waals surface area contributed by atoms with E-state index in [4.69, 9.17) is 11.5 Å². The zero-order chi connectivity index (χ0) is 13.7. The molecule has 0 aliphatic carbocycles. The number of amides is 1. The molecule has 2 N–H and O–H groups in total. The Kier molecular flexibility index (Phi) is 4.33. The number of carboxylic acids is 1. The second kappa shape index (κ2) is 5.73. The van der Waals surface area contributed by atoms with Gasteiger partial charge in [-0.2, -0.15) is 0 Å². The van der Waals surface area contributed by atoms with Crippen LogP contribution in [-0.2, 0) is 4.79 Å². The zero-order valence-corrected chi connectivity index (χ0v) is 9.88.